The van der Waals surface area contributed by atoms with Gasteiger partial charge in [0.05, 0.1) is 19.8 Å². The molecule has 0 fully saturated rings. The highest BCUT2D eigenvalue weighted by molar-refractivity contribution is 5.78. The Hall–Kier alpha value is -0.650. The summed E-state index contributed by atoms with van der Waals surface area (Å²) in [6.45, 7) is 7.89. The van der Waals surface area contributed by atoms with Crippen molar-refractivity contribution < 1.29 is 14.3 Å². The van der Waals surface area contributed by atoms with Crippen molar-refractivity contribution in [3.63, 3.8) is 0 Å². The standard InChI is InChI=1S/C12H26N2O3/c1-11(2)10-14(6-8-17-4)12(15)9-13-5-7-16-3/h11,13H,5-10H2,1-4H3. The minimum atomic E-state index is 0.117. The molecule has 102 valence electrons. The fourth-order valence-electron chi connectivity index (χ4n) is 1.44. The molecule has 0 spiro atoms. The van der Waals surface area contributed by atoms with Gasteiger partial charge in [0.25, 0.3) is 0 Å². The third-order valence-electron chi connectivity index (χ3n) is 2.26. The fourth-order valence-corrected chi connectivity index (χ4v) is 1.44. The predicted molar refractivity (Wildman–Crippen MR) is 68.0 cm³/mol. The van der Waals surface area contributed by atoms with Crippen LogP contribution in [0.15, 0.2) is 0 Å². The van der Waals surface area contributed by atoms with Gasteiger partial charge in [-0.05, 0) is 5.92 Å². The first kappa shape index (κ1) is 16.4. The molecule has 0 atom stereocenters. The molecule has 1 N–H and O–H groups in total. The Balaban J connectivity index is 3.94. The van der Waals surface area contributed by atoms with Crippen LogP contribution >= 0.6 is 0 Å². The lowest BCUT2D eigenvalue weighted by molar-refractivity contribution is -0.131. The van der Waals surface area contributed by atoms with Gasteiger partial charge < -0.3 is 19.7 Å². The van der Waals surface area contributed by atoms with Crippen LogP contribution in [0.25, 0.3) is 0 Å². The van der Waals surface area contributed by atoms with E-state index in [1.165, 1.54) is 0 Å². The van der Waals surface area contributed by atoms with E-state index < -0.39 is 0 Å². The van der Waals surface area contributed by atoms with Gasteiger partial charge >= 0.3 is 0 Å². The zero-order valence-electron chi connectivity index (χ0n) is 11.5. The molecule has 5 nitrogen and oxygen atoms in total. The summed E-state index contributed by atoms with van der Waals surface area (Å²) in [5, 5.41) is 3.06. The van der Waals surface area contributed by atoms with Gasteiger partial charge in [-0.3, -0.25) is 4.79 Å². The highest BCUT2D eigenvalue weighted by Gasteiger charge is 2.13. The summed E-state index contributed by atoms with van der Waals surface area (Å²) in [5.41, 5.74) is 0. The molecule has 0 aromatic heterocycles. The number of nitrogens with zero attached hydrogens (tertiary/aromatic N) is 1. The van der Waals surface area contributed by atoms with E-state index in [2.05, 4.69) is 19.2 Å². The van der Waals surface area contributed by atoms with E-state index in [1.54, 1.807) is 14.2 Å². The van der Waals surface area contributed by atoms with Gasteiger partial charge in [0.15, 0.2) is 0 Å². The lowest BCUT2D eigenvalue weighted by atomic mass is 10.2. The van der Waals surface area contributed by atoms with Crippen LogP contribution < -0.4 is 5.32 Å². The summed E-state index contributed by atoms with van der Waals surface area (Å²) in [4.78, 5) is 13.8. The molecule has 0 aliphatic heterocycles. The number of methoxy groups -OCH3 is 2. The van der Waals surface area contributed by atoms with Gasteiger partial charge in [0.2, 0.25) is 5.91 Å². The second-order valence-electron chi connectivity index (χ2n) is 4.40. The first-order valence-electron chi connectivity index (χ1n) is 6.08. The molecule has 0 heterocycles. The Bertz CT molecular complexity index is 198. The molecule has 17 heavy (non-hydrogen) atoms. The summed E-state index contributed by atoms with van der Waals surface area (Å²) >= 11 is 0. The Labute approximate surface area is 104 Å². The average molecular weight is 246 g/mol. The quantitative estimate of drug-likeness (QED) is 0.565. The zero-order chi connectivity index (χ0) is 13.1. The molecule has 1 amide bonds. The molecule has 0 saturated carbocycles. The Morgan fingerprint density at radius 1 is 1.24 bits per heavy atom. The maximum Gasteiger partial charge on any atom is 0.236 e. The Kier molecular flexibility index (Phi) is 10.1. The number of rotatable bonds is 10. The maximum atomic E-state index is 11.9. The normalized spacial score (nSPS) is 10.9. The molecule has 0 saturated heterocycles. The van der Waals surface area contributed by atoms with Crippen LogP contribution in [0.1, 0.15) is 13.8 Å². The molecule has 0 aliphatic carbocycles. The van der Waals surface area contributed by atoms with Crippen molar-refractivity contribution >= 4 is 5.91 Å². The van der Waals surface area contributed by atoms with E-state index >= 15 is 0 Å². The van der Waals surface area contributed by atoms with Crippen molar-refractivity contribution in [1.82, 2.24) is 10.2 Å². The number of ether oxygens (including phenoxy) is 2. The number of hydrogen-bond acceptors (Lipinski definition) is 4. The number of hydrogen-bond donors (Lipinski definition) is 1. The lowest BCUT2D eigenvalue weighted by Gasteiger charge is -2.24. The number of carbonyl (C=O) groups is 1. The second-order valence-corrected chi connectivity index (χ2v) is 4.40. The third kappa shape index (κ3) is 9.09. The Morgan fingerprint density at radius 2 is 1.88 bits per heavy atom. The van der Waals surface area contributed by atoms with Crippen LogP contribution in [0.4, 0.5) is 0 Å². The van der Waals surface area contributed by atoms with Gasteiger partial charge in [0.1, 0.15) is 0 Å². The number of nitrogens with one attached hydrogen (secondary N) is 1. The minimum absolute atomic E-state index is 0.117. The van der Waals surface area contributed by atoms with Crippen LogP contribution in [-0.2, 0) is 14.3 Å². The monoisotopic (exact) mass is 246 g/mol. The van der Waals surface area contributed by atoms with E-state index in [4.69, 9.17) is 9.47 Å². The molecular formula is C12H26N2O3. The van der Waals surface area contributed by atoms with Gasteiger partial charge in [-0.15, -0.1) is 0 Å². The minimum Gasteiger partial charge on any atom is -0.383 e. The van der Waals surface area contributed by atoms with Crippen LogP contribution in [-0.4, -0.2) is 64.4 Å². The van der Waals surface area contributed by atoms with E-state index in [0.717, 1.165) is 6.54 Å². The highest BCUT2D eigenvalue weighted by Crippen LogP contribution is 1.99. The van der Waals surface area contributed by atoms with Crippen molar-refractivity contribution in [1.29, 1.82) is 0 Å². The summed E-state index contributed by atoms with van der Waals surface area (Å²) in [5.74, 6) is 0.585. The van der Waals surface area contributed by atoms with E-state index in [0.29, 0.717) is 38.8 Å². The number of amides is 1. The smallest absolute Gasteiger partial charge is 0.236 e. The largest absolute Gasteiger partial charge is 0.383 e. The Morgan fingerprint density at radius 3 is 2.41 bits per heavy atom. The molecular weight excluding hydrogens is 220 g/mol. The molecule has 0 aromatic rings. The van der Waals surface area contributed by atoms with Crippen molar-refractivity contribution in [3.8, 4) is 0 Å². The summed E-state index contributed by atoms with van der Waals surface area (Å²) in [6.07, 6.45) is 0. The summed E-state index contributed by atoms with van der Waals surface area (Å²) in [7, 11) is 3.29. The van der Waals surface area contributed by atoms with Crippen LogP contribution in [0.5, 0.6) is 0 Å². The van der Waals surface area contributed by atoms with Crippen LogP contribution in [0, 0.1) is 5.92 Å². The SMILES string of the molecule is COCCNCC(=O)N(CCOC)CC(C)C. The summed E-state index contributed by atoms with van der Waals surface area (Å²) in [6, 6.07) is 0. The van der Waals surface area contributed by atoms with Crippen molar-refractivity contribution in [2.24, 2.45) is 5.92 Å². The topological polar surface area (TPSA) is 50.8 Å². The molecule has 0 radical (unpaired) electrons. The summed E-state index contributed by atoms with van der Waals surface area (Å²) < 4.78 is 9.92. The van der Waals surface area contributed by atoms with Crippen molar-refractivity contribution in [2.75, 3.05) is 53.6 Å². The molecule has 5 heteroatoms. The van der Waals surface area contributed by atoms with Gasteiger partial charge in [0, 0.05) is 33.9 Å². The molecule has 0 bridgehead atoms. The van der Waals surface area contributed by atoms with Crippen molar-refractivity contribution in [2.45, 2.75) is 13.8 Å². The van der Waals surface area contributed by atoms with Gasteiger partial charge in [-0.25, -0.2) is 0 Å². The van der Waals surface area contributed by atoms with Gasteiger partial charge in [-0.1, -0.05) is 13.8 Å². The maximum absolute atomic E-state index is 11.9. The molecule has 0 unspecified atom stereocenters. The zero-order valence-corrected chi connectivity index (χ0v) is 11.5. The first-order chi connectivity index (χ1) is 8.11. The lowest BCUT2D eigenvalue weighted by Crippen LogP contribution is -2.42. The predicted octanol–water partition coefficient (Wildman–Crippen LogP) is 0.353. The van der Waals surface area contributed by atoms with Gasteiger partial charge in [-0.2, -0.15) is 0 Å². The second kappa shape index (κ2) is 10.5. The van der Waals surface area contributed by atoms with Crippen LogP contribution in [0.3, 0.4) is 0 Å². The van der Waals surface area contributed by atoms with Crippen molar-refractivity contribution in [3.05, 3.63) is 0 Å². The fraction of sp³-hybridized carbons (Fsp3) is 0.917. The van der Waals surface area contributed by atoms with E-state index in [1.807, 2.05) is 4.90 Å². The number of carbonyl (C=O) groups excluding carboxylic acids is 1. The first-order valence-corrected chi connectivity index (χ1v) is 6.08. The third-order valence-corrected chi connectivity index (χ3v) is 2.26. The molecule has 0 aliphatic rings. The van der Waals surface area contributed by atoms with E-state index in [-0.39, 0.29) is 5.91 Å². The highest BCUT2D eigenvalue weighted by atomic mass is 16.5. The van der Waals surface area contributed by atoms with Crippen LogP contribution in [0.2, 0.25) is 0 Å². The molecule has 0 aromatic carbocycles. The average Bonchev–Trinajstić information content (AvgIpc) is 2.29. The van der Waals surface area contributed by atoms with E-state index in [9.17, 15) is 4.79 Å². The molecule has 0 rings (SSSR count).